The van der Waals surface area contributed by atoms with Crippen LogP contribution in [0.15, 0.2) is 18.2 Å². The largest absolute Gasteiger partial charge is 0.469 e. The summed E-state index contributed by atoms with van der Waals surface area (Å²) in [5, 5.41) is 0. The van der Waals surface area contributed by atoms with E-state index in [9.17, 15) is 9.59 Å². The Morgan fingerprint density at radius 1 is 0.628 bits per heavy atom. The zero-order chi connectivity index (χ0) is 31.2. The van der Waals surface area contributed by atoms with Crippen LogP contribution >= 0.6 is 0 Å². The molecule has 3 aromatic heterocycles. The summed E-state index contributed by atoms with van der Waals surface area (Å²) in [4.78, 5) is 41.8. The molecule has 8 nitrogen and oxygen atoms in total. The van der Waals surface area contributed by atoms with Gasteiger partial charge in [0.15, 0.2) is 0 Å². The molecule has 5 rings (SSSR count). The van der Waals surface area contributed by atoms with E-state index in [2.05, 4.69) is 63.6 Å². The van der Waals surface area contributed by atoms with Gasteiger partial charge in [0.05, 0.1) is 37.0 Å². The van der Waals surface area contributed by atoms with Crippen molar-refractivity contribution in [1.82, 2.24) is 19.9 Å². The summed E-state index contributed by atoms with van der Waals surface area (Å²) in [7, 11) is 2.82. The van der Waals surface area contributed by atoms with E-state index in [0.29, 0.717) is 12.8 Å². The van der Waals surface area contributed by atoms with Crippen molar-refractivity contribution in [2.24, 2.45) is 0 Å². The summed E-state index contributed by atoms with van der Waals surface area (Å²) in [5.74, 6) is -0.524. The van der Waals surface area contributed by atoms with Crippen molar-refractivity contribution in [3.05, 3.63) is 68.8 Å². The molecule has 0 spiro atoms. The van der Waals surface area contributed by atoms with Gasteiger partial charge < -0.3 is 19.4 Å². The summed E-state index contributed by atoms with van der Waals surface area (Å²) in [5.41, 5.74) is 17.2. The van der Waals surface area contributed by atoms with Crippen LogP contribution in [0.3, 0.4) is 0 Å². The Balaban J connectivity index is 1.90. The SMILES string of the molecule is COC(=O)CCC1=C(C)c2cc3nc(c(C)c4[nH]c(cc5[nH]c(cc1n2)c(CCC(=O)OC)c5C)c(C)c4C)C(C)=C3C. The predicted molar refractivity (Wildman–Crippen MR) is 172 cm³/mol. The Labute approximate surface area is 252 Å². The molecule has 8 bridgehead atoms. The number of aromatic nitrogens is 4. The predicted octanol–water partition coefficient (Wildman–Crippen LogP) is 7.49. The van der Waals surface area contributed by atoms with Crippen LogP contribution in [0.4, 0.5) is 0 Å². The Bertz CT molecular complexity index is 1900. The number of ether oxygens (including phenoxy) is 2. The first-order valence-electron chi connectivity index (χ1n) is 14.7. The van der Waals surface area contributed by atoms with E-state index in [4.69, 9.17) is 19.4 Å². The van der Waals surface area contributed by atoms with Gasteiger partial charge in [0.25, 0.3) is 0 Å². The lowest BCUT2D eigenvalue weighted by Gasteiger charge is -2.04. The number of methoxy groups -OCH3 is 2. The molecule has 8 heteroatoms. The van der Waals surface area contributed by atoms with Gasteiger partial charge in [0.1, 0.15) is 0 Å². The molecule has 0 radical (unpaired) electrons. The normalized spacial score (nSPS) is 13.1. The van der Waals surface area contributed by atoms with Gasteiger partial charge in [0.2, 0.25) is 0 Å². The lowest BCUT2D eigenvalue weighted by atomic mass is 10.00. The third kappa shape index (κ3) is 5.42. The number of hydrogen-bond acceptors (Lipinski definition) is 6. The van der Waals surface area contributed by atoms with Crippen molar-refractivity contribution in [1.29, 1.82) is 0 Å². The molecule has 43 heavy (non-hydrogen) atoms. The van der Waals surface area contributed by atoms with E-state index < -0.39 is 0 Å². The number of carbonyl (C=O) groups is 2. The molecule has 0 unspecified atom stereocenters. The van der Waals surface area contributed by atoms with Crippen molar-refractivity contribution < 1.29 is 19.1 Å². The summed E-state index contributed by atoms with van der Waals surface area (Å²) in [6, 6.07) is 6.23. The third-order valence-electron chi connectivity index (χ3n) is 9.16. The van der Waals surface area contributed by atoms with Crippen LogP contribution < -0.4 is 0 Å². The van der Waals surface area contributed by atoms with Gasteiger partial charge >= 0.3 is 11.9 Å². The lowest BCUT2D eigenvalue weighted by Crippen LogP contribution is -2.02. The molecule has 0 saturated carbocycles. The smallest absolute Gasteiger partial charge is 0.305 e. The highest BCUT2D eigenvalue weighted by atomic mass is 16.5. The summed E-state index contributed by atoms with van der Waals surface area (Å²) >= 11 is 0. The van der Waals surface area contributed by atoms with Crippen LogP contribution in [0, 0.1) is 27.7 Å². The zero-order valence-corrected chi connectivity index (χ0v) is 26.6. The summed E-state index contributed by atoms with van der Waals surface area (Å²) < 4.78 is 9.90. The molecule has 5 heterocycles. The number of H-pyrrole nitrogens is 2. The van der Waals surface area contributed by atoms with Gasteiger partial charge in [-0.25, -0.2) is 9.97 Å². The Hall–Kier alpha value is -4.46. The van der Waals surface area contributed by atoms with Crippen LogP contribution in [0.25, 0.3) is 44.4 Å². The fourth-order valence-electron chi connectivity index (χ4n) is 6.05. The molecule has 2 N–H and O–H groups in total. The van der Waals surface area contributed by atoms with Gasteiger partial charge in [-0.3, -0.25) is 9.59 Å². The van der Waals surface area contributed by atoms with Crippen LogP contribution in [0.5, 0.6) is 0 Å². The number of carbonyl (C=O) groups excluding carboxylic acids is 2. The van der Waals surface area contributed by atoms with E-state index >= 15 is 0 Å². The van der Waals surface area contributed by atoms with Crippen LogP contribution in [-0.4, -0.2) is 46.1 Å². The minimum Gasteiger partial charge on any atom is -0.469 e. The summed E-state index contributed by atoms with van der Waals surface area (Å²) in [6.07, 6.45) is 1.53. The van der Waals surface area contributed by atoms with E-state index in [0.717, 1.165) is 83.8 Å². The standard InChI is InChI=1S/C35H40N4O4/c1-17-19(3)34-23(7)35-20(4)18(2)27(39-35)15-29-22(6)25(11-13-33(41)43-9)31(37-29)16-30-24(10-12-32(40)42-8)21(5)28(36-30)14-26(17)38-34/h14-16,36,38H,10-13H2,1-9H3. The van der Waals surface area contributed by atoms with Crippen molar-refractivity contribution in [3.63, 3.8) is 0 Å². The topological polar surface area (TPSA) is 110 Å². The zero-order valence-electron chi connectivity index (χ0n) is 26.6. The molecule has 3 aromatic rings. The minimum atomic E-state index is -0.266. The Morgan fingerprint density at radius 3 is 1.93 bits per heavy atom. The Kier molecular flexibility index (Phi) is 8.14. The van der Waals surface area contributed by atoms with Gasteiger partial charge in [-0.05, 0) is 130 Å². The average Bonchev–Trinajstić information content (AvgIpc) is 3.64. The second kappa shape index (κ2) is 11.7. The molecule has 0 amide bonds. The van der Waals surface area contributed by atoms with Crippen LogP contribution in [0.1, 0.15) is 90.6 Å². The van der Waals surface area contributed by atoms with Crippen LogP contribution in [0.2, 0.25) is 0 Å². The highest BCUT2D eigenvalue weighted by molar-refractivity contribution is 5.96. The number of aromatic amines is 2. The second-order valence-corrected chi connectivity index (χ2v) is 11.5. The molecular weight excluding hydrogens is 540 g/mol. The number of allylic oxidation sites excluding steroid dienone is 4. The number of rotatable bonds is 6. The van der Waals surface area contributed by atoms with Gasteiger partial charge in [-0.2, -0.15) is 0 Å². The van der Waals surface area contributed by atoms with E-state index in [1.807, 2.05) is 13.0 Å². The molecule has 0 atom stereocenters. The van der Waals surface area contributed by atoms with Crippen molar-refractivity contribution in [3.8, 4) is 0 Å². The first-order chi connectivity index (χ1) is 20.4. The molecule has 0 aliphatic carbocycles. The van der Waals surface area contributed by atoms with Gasteiger partial charge in [-0.15, -0.1) is 0 Å². The monoisotopic (exact) mass is 580 g/mol. The average molecular weight is 581 g/mol. The fraction of sp³-hybridized carbons (Fsp3) is 0.371. The number of fused-ring (bicyclic) bond motifs is 8. The minimum absolute atomic E-state index is 0.250. The number of hydrogen-bond donors (Lipinski definition) is 2. The number of nitrogens with zero attached hydrogens (tertiary/aromatic N) is 2. The molecule has 224 valence electrons. The molecular formula is C35H40N4O4. The van der Waals surface area contributed by atoms with Crippen molar-refractivity contribution >= 4 is 56.3 Å². The number of nitrogens with one attached hydrogen (secondary N) is 2. The highest BCUT2D eigenvalue weighted by Crippen LogP contribution is 2.37. The molecule has 0 saturated heterocycles. The first-order valence-corrected chi connectivity index (χ1v) is 14.7. The number of esters is 2. The maximum atomic E-state index is 12.1. The van der Waals surface area contributed by atoms with Gasteiger partial charge in [0, 0.05) is 34.9 Å². The number of aryl methyl sites for hydroxylation is 5. The van der Waals surface area contributed by atoms with E-state index in [1.54, 1.807) is 0 Å². The first kappa shape index (κ1) is 30.0. The van der Waals surface area contributed by atoms with Crippen molar-refractivity contribution in [2.45, 2.75) is 74.1 Å². The van der Waals surface area contributed by atoms with Crippen molar-refractivity contribution in [2.75, 3.05) is 14.2 Å². The maximum absolute atomic E-state index is 12.1. The lowest BCUT2D eigenvalue weighted by molar-refractivity contribution is -0.141. The summed E-state index contributed by atoms with van der Waals surface area (Å²) in [6.45, 7) is 14.7. The van der Waals surface area contributed by atoms with Crippen LogP contribution in [-0.2, 0) is 25.5 Å². The van der Waals surface area contributed by atoms with E-state index in [-0.39, 0.29) is 24.8 Å². The quantitative estimate of drug-likeness (QED) is 0.292. The maximum Gasteiger partial charge on any atom is 0.305 e. The third-order valence-corrected chi connectivity index (χ3v) is 9.16. The second-order valence-electron chi connectivity index (χ2n) is 11.5. The molecule has 0 fully saturated rings. The molecule has 0 aromatic carbocycles. The molecule has 2 aliphatic heterocycles. The fourth-order valence-corrected chi connectivity index (χ4v) is 6.05. The Morgan fingerprint density at radius 2 is 1.26 bits per heavy atom. The highest BCUT2D eigenvalue weighted by Gasteiger charge is 2.22. The molecule has 2 aliphatic rings. The van der Waals surface area contributed by atoms with E-state index in [1.165, 1.54) is 25.3 Å². The van der Waals surface area contributed by atoms with Gasteiger partial charge in [-0.1, -0.05) is 0 Å².